The Bertz CT molecular complexity index is 173. The molecular weight excluding hydrogens is 164 g/mol. The first-order chi connectivity index (χ1) is 5.67. The Balaban J connectivity index is 2.44. The largest absolute Gasteiger partial charge is 0.413 e. The third kappa shape index (κ3) is 2.46. The molecule has 0 unspecified atom stereocenters. The molecule has 1 aliphatic heterocycles. The molecule has 1 heterocycles. The Morgan fingerprint density at radius 3 is 2.75 bits per heavy atom. The van der Waals surface area contributed by atoms with Crippen molar-refractivity contribution in [2.75, 3.05) is 6.61 Å². The van der Waals surface area contributed by atoms with Crippen LogP contribution >= 0.6 is 0 Å². The lowest BCUT2D eigenvalue weighted by molar-refractivity contribution is 0.350. The number of rotatable bonds is 3. The number of hydrogen-bond donors (Lipinski definition) is 0. The zero-order valence-electron chi connectivity index (χ0n) is 8.52. The lowest BCUT2D eigenvalue weighted by Gasteiger charge is -2.15. The van der Waals surface area contributed by atoms with Gasteiger partial charge in [-0.05, 0) is 25.9 Å². The van der Waals surface area contributed by atoms with E-state index in [2.05, 4.69) is 26.1 Å². The minimum Gasteiger partial charge on any atom is -0.413 e. The van der Waals surface area contributed by atoms with E-state index in [0.717, 1.165) is 6.61 Å². The lowest BCUT2D eigenvalue weighted by atomic mass is 10.2. The van der Waals surface area contributed by atoms with Gasteiger partial charge in [0.15, 0.2) is 0 Å². The lowest BCUT2D eigenvalue weighted by Crippen LogP contribution is -2.26. The quantitative estimate of drug-likeness (QED) is 0.483. The van der Waals surface area contributed by atoms with Crippen LogP contribution in [0.4, 0.5) is 0 Å². The highest BCUT2D eigenvalue weighted by atomic mass is 28.4. The van der Waals surface area contributed by atoms with Crippen LogP contribution < -0.4 is 0 Å². The van der Waals surface area contributed by atoms with Crippen LogP contribution in [0.3, 0.4) is 0 Å². The minimum atomic E-state index is -1.36. The highest BCUT2D eigenvalue weighted by molar-refractivity contribution is 6.79. The van der Waals surface area contributed by atoms with Crippen molar-refractivity contribution >= 4 is 8.32 Å². The standard InChI is InChI=1S/C10H20OSi/c1-4-5-6-7-10-8-9-11-12(10,2)3/h7H,4-6,8-9H2,1-3H3/b10-7-. The fourth-order valence-corrected chi connectivity index (χ4v) is 3.78. The number of hydrogen-bond acceptors (Lipinski definition) is 1. The summed E-state index contributed by atoms with van der Waals surface area (Å²) >= 11 is 0. The predicted molar refractivity (Wildman–Crippen MR) is 55.7 cm³/mol. The van der Waals surface area contributed by atoms with Gasteiger partial charge in [-0.25, -0.2) is 0 Å². The number of allylic oxidation sites excluding steroid dienone is 1. The summed E-state index contributed by atoms with van der Waals surface area (Å²) in [5, 5.41) is 1.64. The van der Waals surface area contributed by atoms with E-state index in [4.69, 9.17) is 4.43 Å². The second-order valence-electron chi connectivity index (χ2n) is 3.98. The first-order valence-corrected chi connectivity index (χ1v) is 7.91. The van der Waals surface area contributed by atoms with E-state index < -0.39 is 8.32 Å². The molecule has 1 saturated heterocycles. The van der Waals surface area contributed by atoms with Crippen molar-refractivity contribution < 1.29 is 4.43 Å². The molecule has 0 aromatic carbocycles. The molecule has 1 aliphatic rings. The molecule has 0 bridgehead atoms. The highest BCUT2D eigenvalue weighted by Crippen LogP contribution is 2.27. The Kier molecular flexibility index (Phi) is 3.53. The molecular formula is C10H20OSi. The molecule has 0 atom stereocenters. The van der Waals surface area contributed by atoms with Gasteiger partial charge < -0.3 is 4.43 Å². The third-order valence-electron chi connectivity index (χ3n) is 2.56. The average Bonchev–Trinajstić information content (AvgIpc) is 2.32. The normalized spacial score (nSPS) is 25.1. The monoisotopic (exact) mass is 184 g/mol. The second-order valence-corrected chi connectivity index (χ2v) is 7.93. The minimum absolute atomic E-state index is 0.969. The summed E-state index contributed by atoms with van der Waals surface area (Å²) in [4.78, 5) is 0. The van der Waals surface area contributed by atoms with Crippen molar-refractivity contribution in [2.24, 2.45) is 0 Å². The maximum Gasteiger partial charge on any atom is 0.213 e. The van der Waals surface area contributed by atoms with Crippen LogP contribution in [-0.4, -0.2) is 14.9 Å². The second kappa shape index (κ2) is 4.24. The highest BCUT2D eigenvalue weighted by Gasteiger charge is 2.32. The van der Waals surface area contributed by atoms with Crippen molar-refractivity contribution in [3.05, 3.63) is 11.3 Å². The van der Waals surface area contributed by atoms with Crippen LogP contribution in [-0.2, 0) is 4.43 Å². The molecule has 1 fully saturated rings. The van der Waals surface area contributed by atoms with Gasteiger partial charge in [-0.3, -0.25) is 0 Å². The van der Waals surface area contributed by atoms with Crippen molar-refractivity contribution in [2.45, 2.75) is 45.7 Å². The molecule has 2 heteroatoms. The molecule has 0 N–H and O–H groups in total. The Labute approximate surface area is 76.9 Å². The fraction of sp³-hybridized carbons (Fsp3) is 0.800. The van der Waals surface area contributed by atoms with Gasteiger partial charge in [0.2, 0.25) is 8.32 Å². The van der Waals surface area contributed by atoms with Crippen molar-refractivity contribution in [3.63, 3.8) is 0 Å². The first-order valence-electron chi connectivity index (χ1n) is 5.00. The van der Waals surface area contributed by atoms with E-state index >= 15 is 0 Å². The SMILES string of the molecule is CCCC/C=C1/CCO[Si]1(C)C. The van der Waals surface area contributed by atoms with Crippen LogP contribution in [0, 0.1) is 0 Å². The van der Waals surface area contributed by atoms with E-state index in [1.165, 1.54) is 25.7 Å². The summed E-state index contributed by atoms with van der Waals surface area (Å²) in [6.45, 7) is 7.82. The summed E-state index contributed by atoms with van der Waals surface area (Å²) in [6.07, 6.45) is 7.51. The van der Waals surface area contributed by atoms with Crippen molar-refractivity contribution in [1.29, 1.82) is 0 Å². The summed E-state index contributed by atoms with van der Waals surface area (Å²) in [5.74, 6) is 0. The van der Waals surface area contributed by atoms with Crippen LogP contribution in [0.2, 0.25) is 13.1 Å². The smallest absolute Gasteiger partial charge is 0.213 e. The molecule has 0 radical (unpaired) electrons. The van der Waals surface area contributed by atoms with Crippen LogP contribution in [0.1, 0.15) is 32.6 Å². The van der Waals surface area contributed by atoms with Gasteiger partial charge in [-0.1, -0.05) is 31.0 Å². The van der Waals surface area contributed by atoms with E-state index in [1.54, 1.807) is 5.20 Å². The van der Waals surface area contributed by atoms with E-state index in [0.29, 0.717) is 0 Å². The van der Waals surface area contributed by atoms with Crippen molar-refractivity contribution in [3.8, 4) is 0 Å². The van der Waals surface area contributed by atoms with Crippen LogP contribution in [0.5, 0.6) is 0 Å². The molecule has 70 valence electrons. The molecule has 0 aromatic heterocycles. The summed E-state index contributed by atoms with van der Waals surface area (Å²) < 4.78 is 5.75. The molecule has 0 aliphatic carbocycles. The summed E-state index contributed by atoms with van der Waals surface area (Å²) in [7, 11) is -1.36. The molecule has 0 spiro atoms. The van der Waals surface area contributed by atoms with E-state index in [9.17, 15) is 0 Å². The molecule has 1 nitrogen and oxygen atoms in total. The third-order valence-corrected chi connectivity index (χ3v) is 5.48. The Hall–Kier alpha value is -0.0831. The van der Waals surface area contributed by atoms with Crippen LogP contribution in [0.15, 0.2) is 11.3 Å². The summed E-state index contributed by atoms with van der Waals surface area (Å²) in [5.41, 5.74) is 0. The van der Waals surface area contributed by atoms with Gasteiger partial charge in [-0.2, -0.15) is 0 Å². The molecule has 1 rings (SSSR count). The zero-order valence-corrected chi connectivity index (χ0v) is 9.52. The first kappa shape index (κ1) is 10.0. The van der Waals surface area contributed by atoms with Gasteiger partial charge >= 0.3 is 0 Å². The van der Waals surface area contributed by atoms with Gasteiger partial charge in [-0.15, -0.1) is 0 Å². The molecule has 12 heavy (non-hydrogen) atoms. The number of unbranched alkanes of at least 4 members (excludes halogenated alkanes) is 2. The zero-order chi connectivity index (χ0) is 9.03. The van der Waals surface area contributed by atoms with Crippen LogP contribution in [0.25, 0.3) is 0 Å². The van der Waals surface area contributed by atoms with E-state index in [1.807, 2.05) is 0 Å². The van der Waals surface area contributed by atoms with Gasteiger partial charge in [0, 0.05) is 6.61 Å². The maximum atomic E-state index is 5.75. The fourth-order valence-electron chi connectivity index (χ4n) is 1.64. The summed E-state index contributed by atoms with van der Waals surface area (Å²) in [6, 6.07) is 0. The van der Waals surface area contributed by atoms with Gasteiger partial charge in [0.05, 0.1) is 0 Å². The topological polar surface area (TPSA) is 9.23 Å². The molecule has 0 saturated carbocycles. The Morgan fingerprint density at radius 1 is 1.50 bits per heavy atom. The average molecular weight is 184 g/mol. The van der Waals surface area contributed by atoms with Gasteiger partial charge in [0.1, 0.15) is 0 Å². The van der Waals surface area contributed by atoms with Crippen molar-refractivity contribution in [1.82, 2.24) is 0 Å². The maximum absolute atomic E-state index is 5.75. The van der Waals surface area contributed by atoms with Gasteiger partial charge in [0.25, 0.3) is 0 Å². The molecule has 0 aromatic rings. The molecule has 0 amide bonds. The van der Waals surface area contributed by atoms with E-state index in [-0.39, 0.29) is 0 Å². The Morgan fingerprint density at radius 2 is 2.25 bits per heavy atom. The predicted octanol–water partition coefficient (Wildman–Crippen LogP) is 3.27.